The van der Waals surface area contributed by atoms with Crippen molar-refractivity contribution < 1.29 is 18.8 Å². The van der Waals surface area contributed by atoms with E-state index >= 15 is 0 Å². The summed E-state index contributed by atoms with van der Waals surface area (Å²) in [6.45, 7) is 0.681. The van der Waals surface area contributed by atoms with Crippen LogP contribution in [-0.2, 0) is 16.1 Å². The van der Waals surface area contributed by atoms with Crippen molar-refractivity contribution in [2.75, 3.05) is 20.7 Å². The molecule has 2 amide bonds. The predicted molar refractivity (Wildman–Crippen MR) is 90.8 cm³/mol. The van der Waals surface area contributed by atoms with Gasteiger partial charge in [-0.1, -0.05) is 5.16 Å². The van der Waals surface area contributed by atoms with E-state index in [0.29, 0.717) is 24.7 Å². The van der Waals surface area contributed by atoms with Crippen LogP contribution >= 0.6 is 0 Å². The maximum absolute atomic E-state index is 12.8. The van der Waals surface area contributed by atoms with Crippen LogP contribution in [-0.4, -0.2) is 63.7 Å². The van der Waals surface area contributed by atoms with Gasteiger partial charge in [0.25, 0.3) is 0 Å². The number of rotatable bonds is 4. The zero-order valence-corrected chi connectivity index (χ0v) is 14.8. The summed E-state index contributed by atoms with van der Waals surface area (Å²) in [4.78, 5) is 36.0. The molecule has 9 heteroatoms. The summed E-state index contributed by atoms with van der Waals surface area (Å²) < 4.78 is 10.0. The van der Waals surface area contributed by atoms with Crippen molar-refractivity contribution in [2.24, 2.45) is 0 Å². The smallest absolute Gasteiger partial charge is 0.410 e. The molecule has 0 unspecified atom stereocenters. The maximum Gasteiger partial charge on any atom is 0.410 e. The molecule has 0 bridgehead atoms. The molecule has 2 aromatic rings. The molecule has 2 aromatic heterocycles. The summed E-state index contributed by atoms with van der Waals surface area (Å²) in [5.74, 6) is 0.569. The van der Waals surface area contributed by atoms with Crippen LogP contribution in [0, 0.1) is 0 Å². The minimum absolute atomic E-state index is 0.164. The average Bonchev–Trinajstić information content (AvgIpc) is 3.16. The zero-order chi connectivity index (χ0) is 18.5. The molecule has 138 valence electrons. The standard InChI is InChI=1S/C17H21N5O4/c1-21(16(23)13-7-3-4-9-22(13)17(24)25-2)11-14-19-15(20-26-14)12-6-5-8-18-10-12/h5-6,8,10,13H,3-4,7,9,11H2,1-2H3/t13-/m0/s1. The number of ether oxygens (including phenoxy) is 1. The highest BCUT2D eigenvalue weighted by molar-refractivity contribution is 5.85. The number of hydrogen-bond acceptors (Lipinski definition) is 7. The number of hydrogen-bond donors (Lipinski definition) is 0. The Labute approximate surface area is 150 Å². The average molecular weight is 359 g/mol. The Kier molecular flexibility index (Phi) is 5.45. The van der Waals surface area contributed by atoms with Gasteiger partial charge in [0.1, 0.15) is 6.04 Å². The van der Waals surface area contributed by atoms with Gasteiger partial charge in [-0.3, -0.25) is 14.7 Å². The summed E-state index contributed by atoms with van der Waals surface area (Å²) in [7, 11) is 2.97. The fourth-order valence-electron chi connectivity index (χ4n) is 2.99. The lowest BCUT2D eigenvalue weighted by atomic mass is 10.0. The van der Waals surface area contributed by atoms with Crippen molar-refractivity contribution >= 4 is 12.0 Å². The van der Waals surface area contributed by atoms with Crippen LogP contribution < -0.4 is 0 Å². The molecular weight excluding hydrogens is 338 g/mol. The van der Waals surface area contributed by atoms with E-state index in [1.165, 1.54) is 16.9 Å². The number of piperidine rings is 1. The van der Waals surface area contributed by atoms with Crippen molar-refractivity contribution in [1.82, 2.24) is 24.9 Å². The second kappa shape index (κ2) is 7.94. The van der Waals surface area contributed by atoms with Gasteiger partial charge in [-0.05, 0) is 31.4 Å². The lowest BCUT2D eigenvalue weighted by Gasteiger charge is -2.35. The number of carbonyl (C=O) groups is 2. The van der Waals surface area contributed by atoms with E-state index in [0.717, 1.165) is 18.4 Å². The SMILES string of the molecule is COC(=O)N1CCCC[C@H]1C(=O)N(C)Cc1nc(-c2cccnc2)no1. The van der Waals surface area contributed by atoms with Crippen molar-refractivity contribution in [3.05, 3.63) is 30.4 Å². The third-order valence-corrected chi connectivity index (χ3v) is 4.33. The van der Waals surface area contributed by atoms with Gasteiger partial charge in [0, 0.05) is 31.5 Å². The Bertz CT molecular complexity index is 764. The first-order valence-electron chi connectivity index (χ1n) is 8.42. The van der Waals surface area contributed by atoms with Crippen molar-refractivity contribution in [3.63, 3.8) is 0 Å². The van der Waals surface area contributed by atoms with Crippen LogP contribution in [0.2, 0.25) is 0 Å². The highest BCUT2D eigenvalue weighted by Gasteiger charge is 2.34. The lowest BCUT2D eigenvalue weighted by Crippen LogP contribution is -2.52. The largest absolute Gasteiger partial charge is 0.453 e. The lowest BCUT2D eigenvalue weighted by molar-refractivity contribution is -0.137. The fraction of sp³-hybridized carbons (Fsp3) is 0.471. The summed E-state index contributed by atoms with van der Waals surface area (Å²) in [5.41, 5.74) is 0.737. The summed E-state index contributed by atoms with van der Waals surface area (Å²) in [6, 6.07) is 3.08. The van der Waals surface area contributed by atoms with Crippen LogP contribution in [0.25, 0.3) is 11.4 Å². The minimum atomic E-state index is -0.526. The number of carbonyl (C=O) groups excluding carboxylic acids is 2. The number of aromatic nitrogens is 3. The minimum Gasteiger partial charge on any atom is -0.453 e. The quantitative estimate of drug-likeness (QED) is 0.819. The van der Waals surface area contributed by atoms with Gasteiger partial charge >= 0.3 is 6.09 Å². The number of pyridine rings is 1. The number of likely N-dealkylation sites (N-methyl/N-ethyl adjacent to an activating group) is 1. The first-order valence-corrected chi connectivity index (χ1v) is 8.42. The first-order chi connectivity index (χ1) is 12.6. The Morgan fingerprint density at radius 2 is 2.27 bits per heavy atom. The van der Waals surface area contributed by atoms with Gasteiger partial charge in [-0.2, -0.15) is 4.98 Å². The Morgan fingerprint density at radius 1 is 1.42 bits per heavy atom. The van der Waals surface area contributed by atoms with Crippen LogP contribution in [0.3, 0.4) is 0 Å². The van der Waals surface area contributed by atoms with Gasteiger partial charge in [0.15, 0.2) is 0 Å². The third kappa shape index (κ3) is 3.81. The van der Waals surface area contributed by atoms with E-state index in [2.05, 4.69) is 15.1 Å². The molecule has 0 aliphatic carbocycles. The molecule has 1 fully saturated rings. The number of amides is 2. The molecule has 0 spiro atoms. The fourth-order valence-corrected chi connectivity index (χ4v) is 2.99. The van der Waals surface area contributed by atoms with E-state index < -0.39 is 12.1 Å². The second-order valence-corrected chi connectivity index (χ2v) is 6.12. The monoisotopic (exact) mass is 359 g/mol. The first kappa shape index (κ1) is 17.8. The van der Waals surface area contributed by atoms with Gasteiger partial charge < -0.3 is 14.2 Å². The molecule has 0 radical (unpaired) electrons. The molecule has 3 rings (SSSR count). The van der Waals surface area contributed by atoms with Crippen LogP contribution in [0.15, 0.2) is 29.0 Å². The zero-order valence-electron chi connectivity index (χ0n) is 14.8. The molecule has 1 aliphatic heterocycles. The van der Waals surface area contributed by atoms with Crippen LogP contribution in [0.1, 0.15) is 25.2 Å². The molecule has 26 heavy (non-hydrogen) atoms. The van der Waals surface area contributed by atoms with Gasteiger partial charge in [0.2, 0.25) is 17.6 Å². The van der Waals surface area contributed by atoms with Crippen molar-refractivity contribution in [3.8, 4) is 11.4 Å². The van der Waals surface area contributed by atoms with Crippen molar-refractivity contribution in [2.45, 2.75) is 31.8 Å². The normalized spacial score (nSPS) is 17.0. The van der Waals surface area contributed by atoms with Crippen molar-refractivity contribution in [1.29, 1.82) is 0 Å². The molecule has 9 nitrogen and oxygen atoms in total. The third-order valence-electron chi connectivity index (χ3n) is 4.33. The molecule has 0 N–H and O–H groups in total. The Hall–Kier alpha value is -2.97. The van der Waals surface area contributed by atoms with E-state index in [4.69, 9.17) is 9.26 Å². The second-order valence-electron chi connectivity index (χ2n) is 6.12. The molecule has 1 saturated heterocycles. The predicted octanol–water partition coefficient (Wildman–Crippen LogP) is 1.71. The molecule has 1 atom stereocenters. The Morgan fingerprint density at radius 3 is 3.00 bits per heavy atom. The summed E-state index contributed by atoms with van der Waals surface area (Å²) in [5, 5.41) is 3.92. The number of nitrogens with zero attached hydrogens (tertiary/aromatic N) is 5. The molecule has 1 aliphatic rings. The van der Waals surface area contributed by atoms with E-state index in [9.17, 15) is 9.59 Å². The molecule has 0 saturated carbocycles. The van der Waals surface area contributed by atoms with Crippen LogP contribution in [0.4, 0.5) is 4.79 Å². The van der Waals surface area contributed by atoms with E-state index in [1.807, 2.05) is 6.07 Å². The summed E-state index contributed by atoms with van der Waals surface area (Å²) in [6.07, 6.45) is 5.19. The van der Waals surface area contributed by atoms with Gasteiger partial charge in [-0.25, -0.2) is 4.79 Å². The molecular formula is C17H21N5O4. The summed E-state index contributed by atoms with van der Waals surface area (Å²) >= 11 is 0. The maximum atomic E-state index is 12.8. The number of methoxy groups -OCH3 is 1. The topological polar surface area (TPSA) is 102 Å². The van der Waals surface area contributed by atoms with E-state index in [-0.39, 0.29) is 12.5 Å². The number of likely N-dealkylation sites (tertiary alicyclic amines) is 1. The highest BCUT2D eigenvalue weighted by atomic mass is 16.5. The molecule has 3 heterocycles. The highest BCUT2D eigenvalue weighted by Crippen LogP contribution is 2.21. The van der Waals surface area contributed by atoms with E-state index in [1.54, 1.807) is 25.5 Å². The van der Waals surface area contributed by atoms with Gasteiger partial charge in [0.05, 0.1) is 13.7 Å². The van der Waals surface area contributed by atoms with Gasteiger partial charge in [-0.15, -0.1) is 0 Å². The Balaban J connectivity index is 1.67. The molecule has 0 aromatic carbocycles. The van der Waals surface area contributed by atoms with Crippen LogP contribution in [0.5, 0.6) is 0 Å².